The first-order chi connectivity index (χ1) is 15.5. The lowest BCUT2D eigenvalue weighted by Gasteiger charge is -2.51. The van der Waals surface area contributed by atoms with E-state index in [1.807, 2.05) is 17.2 Å². The van der Waals surface area contributed by atoms with Crippen molar-refractivity contribution in [1.82, 2.24) is 9.97 Å². The van der Waals surface area contributed by atoms with E-state index in [2.05, 4.69) is 14.8 Å². The van der Waals surface area contributed by atoms with Gasteiger partial charge in [0.2, 0.25) is 11.9 Å². The lowest BCUT2D eigenvalue weighted by Crippen LogP contribution is -2.60. The first kappa shape index (κ1) is 20.2. The molecule has 168 valence electrons. The fraction of sp³-hybridized carbons (Fsp3) is 0.542. The number of hydrogen-bond donors (Lipinski definition) is 0. The van der Waals surface area contributed by atoms with Crippen LogP contribution in [0.15, 0.2) is 30.5 Å². The lowest BCUT2D eigenvalue weighted by molar-refractivity contribution is -0.121. The summed E-state index contributed by atoms with van der Waals surface area (Å²) in [5, 5.41) is 0.0777. The molecule has 2 spiro atoms. The van der Waals surface area contributed by atoms with Crippen LogP contribution in [0.3, 0.4) is 0 Å². The van der Waals surface area contributed by atoms with E-state index in [1.54, 1.807) is 6.07 Å². The third-order valence-electron chi connectivity index (χ3n) is 7.86. The normalized spacial score (nSPS) is 23.6. The maximum Gasteiger partial charge on any atom is 0.227 e. The van der Waals surface area contributed by atoms with Gasteiger partial charge in [-0.1, -0.05) is 11.6 Å². The molecule has 1 saturated carbocycles. The second-order valence-corrected chi connectivity index (χ2v) is 10.4. The average Bonchev–Trinajstić information content (AvgIpc) is 3.57. The zero-order valence-corrected chi connectivity index (χ0v) is 18.8. The number of anilines is 3. The number of carbonyl (C=O) groups is 1. The van der Waals surface area contributed by atoms with E-state index in [1.165, 1.54) is 25.0 Å². The summed E-state index contributed by atoms with van der Waals surface area (Å²) in [6, 6.07) is 6.69. The minimum atomic E-state index is -0.487. The molecule has 8 heteroatoms. The summed E-state index contributed by atoms with van der Waals surface area (Å²) >= 11 is 5.89. The molecule has 1 aromatic heterocycles. The van der Waals surface area contributed by atoms with Crippen molar-refractivity contribution in [2.24, 2.45) is 5.41 Å². The number of benzene rings is 1. The molecular formula is C24H27ClFN5O. The molecule has 4 fully saturated rings. The standard InChI is InChI=1S/C24H27ClFN5O/c25-18-4-3-17(14-19(18)26)31-21(32)2-1-6-24(31)9-12-29(13-10-24)22-27-11-5-20(28-22)30-15-23(16-30)7-8-23/h3-5,11,14H,1-2,6-10,12-13,15-16H2. The van der Waals surface area contributed by atoms with Crippen LogP contribution in [0.25, 0.3) is 0 Å². The van der Waals surface area contributed by atoms with Gasteiger partial charge in [-0.2, -0.15) is 4.98 Å². The predicted molar refractivity (Wildman–Crippen MR) is 123 cm³/mol. The highest BCUT2D eigenvalue weighted by Crippen LogP contribution is 2.53. The van der Waals surface area contributed by atoms with Crippen LogP contribution >= 0.6 is 11.6 Å². The van der Waals surface area contributed by atoms with Crippen molar-refractivity contribution < 1.29 is 9.18 Å². The molecule has 1 aliphatic carbocycles. The van der Waals surface area contributed by atoms with Gasteiger partial charge in [0.05, 0.1) is 10.6 Å². The molecule has 32 heavy (non-hydrogen) atoms. The highest BCUT2D eigenvalue weighted by Gasteiger charge is 2.52. The Bertz CT molecular complexity index is 1060. The fourth-order valence-electron chi connectivity index (χ4n) is 5.78. The number of nitrogens with zero attached hydrogens (tertiary/aromatic N) is 5. The van der Waals surface area contributed by atoms with Crippen molar-refractivity contribution in [3.63, 3.8) is 0 Å². The van der Waals surface area contributed by atoms with Gasteiger partial charge in [0.15, 0.2) is 0 Å². The van der Waals surface area contributed by atoms with E-state index in [4.69, 9.17) is 16.6 Å². The number of hydrogen-bond acceptors (Lipinski definition) is 5. The minimum Gasteiger partial charge on any atom is -0.355 e. The van der Waals surface area contributed by atoms with Gasteiger partial charge in [-0.15, -0.1) is 0 Å². The van der Waals surface area contributed by atoms with Crippen LogP contribution in [0, 0.1) is 11.2 Å². The van der Waals surface area contributed by atoms with E-state index in [-0.39, 0.29) is 16.5 Å². The molecule has 0 N–H and O–H groups in total. The molecule has 2 aromatic rings. The summed E-state index contributed by atoms with van der Waals surface area (Å²) in [5.74, 6) is 1.36. The van der Waals surface area contributed by atoms with Gasteiger partial charge >= 0.3 is 0 Å². The van der Waals surface area contributed by atoms with E-state index < -0.39 is 5.82 Å². The Labute approximate surface area is 192 Å². The molecule has 4 aliphatic rings. The molecule has 0 radical (unpaired) electrons. The minimum absolute atomic E-state index is 0.0662. The Kier molecular flexibility index (Phi) is 4.61. The van der Waals surface area contributed by atoms with Crippen molar-refractivity contribution in [3.05, 3.63) is 41.3 Å². The highest BCUT2D eigenvalue weighted by atomic mass is 35.5. The molecule has 3 aliphatic heterocycles. The van der Waals surface area contributed by atoms with Crippen LogP contribution in [0.4, 0.5) is 21.8 Å². The van der Waals surface area contributed by atoms with Gasteiger partial charge in [-0.05, 0) is 62.8 Å². The van der Waals surface area contributed by atoms with Crippen molar-refractivity contribution >= 4 is 35.0 Å². The Morgan fingerprint density at radius 1 is 1.00 bits per heavy atom. The molecule has 0 atom stereocenters. The Hall–Kier alpha value is -2.41. The van der Waals surface area contributed by atoms with Crippen LogP contribution in [-0.4, -0.2) is 47.6 Å². The number of aromatic nitrogens is 2. The first-order valence-electron chi connectivity index (χ1n) is 11.6. The zero-order chi connectivity index (χ0) is 21.9. The van der Waals surface area contributed by atoms with E-state index >= 15 is 0 Å². The summed E-state index contributed by atoms with van der Waals surface area (Å²) in [7, 11) is 0. The van der Waals surface area contributed by atoms with E-state index in [9.17, 15) is 9.18 Å². The molecule has 0 unspecified atom stereocenters. The van der Waals surface area contributed by atoms with Crippen molar-refractivity contribution in [1.29, 1.82) is 0 Å². The van der Waals surface area contributed by atoms with Crippen LogP contribution < -0.4 is 14.7 Å². The maximum atomic E-state index is 14.2. The van der Waals surface area contributed by atoms with Crippen LogP contribution in [0.1, 0.15) is 44.9 Å². The molecule has 0 bridgehead atoms. The number of carbonyl (C=O) groups excluding carboxylic acids is 1. The molecule has 4 heterocycles. The van der Waals surface area contributed by atoms with Crippen molar-refractivity contribution in [2.75, 3.05) is 40.9 Å². The van der Waals surface area contributed by atoms with Crippen LogP contribution in [0.5, 0.6) is 0 Å². The largest absolute Gasteiger partial charge is 0.355 e. The molecule has 3 saturated heterocycles. The quantitative estimate of drug-likeness (QED) is 0.685. The Morgan fingerprint density at radius 3 is 2.50 bits per heavy atom. The Morgan fingerprint density at radius 2 is 1.78 bits per heavy atom. The second-order valence-electron chi connectivity index (χ2n) is 9.96. The number of halogens is 2. The average molecular weight is 456 g/mol. The topological polar surface area (TPSA) is 52.6 Å². The zero-order valence-electron chi connectivity index (χ0n) is 18.1. The summed E-state index contributed by atoms with van der Waals surface area (Å²) in [5.41, 5.74) is 0.899. The van der Waals surface area contributed by atoms with Gasteiger partial charge in [0.25, 0.3) is 0 Å². The molecule has 1 amide bonds. The van der Waals surface area contributed by atoms with Crippen LogP contribution in [-0.2, 0) is 4.79 Å². The van der Waals surface area contributed by atoms with Gasteiger partial charge in [-0.3, -0.25) is 4.79 Å². The molecular weight excluding hydrogens is 429 g/mol. The van der Waals surface area contributed by atoms with Gasteiger partial charge < -0.3 is 14.7 Å². The van der Waals surface area contributed by atoms with Gasteiger partial charge in [-0.25, -0.2) is 9.37 Å². The van der Waals surface area contributed by atoms with E-state index in [0.29, 0.717) is 17.5 Å². The molecule has 6 rings (SSSR count). The van der Waals surface area contributed by atoms with Crippen molar-refractivity contribution in [2.45, 2.75) is 50.5 Å². The number of rotatable bonds is 3. The lowest BCUT2D eigenvalue weighted by atomic mass is 9.78. The number of amides is 1. The highest BCUT2D eigenvalue weighted by molar-refractivity contribution is 6.30. The molecule has 1 aromatic carbocycles. The fourth-order valence-corrected chi connectivity index (χ4v) is 5.90. The van der Waals surface area contributed by atoms with E-state index in [0.717, 1.165) is 63.6 Å². The maximum absolute atomic E-state index is 14.2. The monoisotopic (exact) mass is 455 g/mol. The third kappa shape index (κ3) is 3.33. The SMILES string of the molecule is O=C1CCCC2(CCN(c3nccc(N4CC5(CC5)C4)n3)CC2)N1c1ccc(Cl)c(F)c1. The second kappa shape index (κ2) is 7.30. The van der Waals surface area contributed by atoms with Crippen molar-refractivity contribution in [3.8, 4) is 0 Å². The summed E-state index contributed by atoms with van der Waals surface area (Å²) in [4.78, 5) is 28.8. The van der Waals surface area contributed by atoms with Gasteiger partial charge in [0, 0.05) is 49.9 Å². The third-order valence-corrected chi connectivity index (χ3v) is 8.16. The predicted octanol–water partition coefficient (Wildman–Crippen LogP) is 4.43. The summed E-state index contributed by atoms with van der Waals surface area (Å²) < 4.78 is 14.2. The summed E-state index contributed by atoms with van der Waals surface area (Å²) in [6.45, 7) is 3.77. The number of piperidine rings is 2. The molecule has 6 nitrogen and oxygen atoms in total. The summed E-state index contributed by atoms with van der Waals surface area (Å²) in [6.07, 6.45) is 8.46. The van der Waals surface area contributed by atoms with Crippen LogP contribution in [0.2, 0.25) is 5.02 Å². The first-order valence-corrected chi connectivity index (χ1v) is 12.0. The Balaban J connectivity index is 1.20. The van der Waals surface area contributed by atoms with Gasteiger partial charge in [0.1, 0.15) is 11.6 Å². The smallest absolute Gasteiger partial charge is 0.227 e.